The monoisotopic (exact) mass is 457 g/mol. The van der Waals surface area contributed by atoms with Crippen molar-refractivity contribution in [3.63, 3.8) is 0 Å². The van der Waals surface area contributed by atoms with Crippen LogP contribution < -0.4 is 15.2 Å². The van der Waals surface area contributed by atoms with E-state index in [0.29, 0.717) is 29.6 Å². The third kappa shape index (κ3) is 5.27. The predicted molar refractivity (Wildman–Crippen MR) is 132 cm³/mol. The highest BCUT2D eigenvalue weighted by Gasteiger charge is 2.18. The second kappa shape index (κ2) is 10.7. The maximum atomic E-state index is 11.0. The zero-order chi connectivity index (χ0) is 23.9. The predicted octanol–water partition coefficient (Wildman–Crippen LogP) is 5.31. The van der Waals surface area contributed by atoms with Gasteiger partial charge in [0.1, 0.15) is 18.1 Å². The highest BCUT2D eigenvalue weighted by atomic mass is 16.5. The van der Waals surface area contributed by atoms with Crippen molar-refractivity contribution in [3.8, 4) is 28.5 Å². The number of carboxylic acids is 1. The maximum absolute atomic E-state index is 11.0. The van der Waals surface area contributed by atoms with E-state index in [1.54, 1.807) is 12.1 Å². The van der Waals surface area contributed by atoms with Gasteiger partial charge in [0.25, 0.3) is 0 Å². The molecule has 7 heteroatoms. The summed E-state index contributed by atoms with van der Waals surface area (Å²) in [5.41, 5.74) is 7.33. The molecule has 4 rings (SSSR count). The van der Waals surface area contributed by atoms with Crippen LogP contribution in [0, 0.1) is 6.92 Å². The lowest BCUT2D eigenvalue weighted by molar-refractivity contribution is -0.136. The van der Waals surface area contributed by atoms with E-state index < -0.39 is 5.97 Å². The normalized spacial score (nSPS) is 10.8. The quantitative estimate of drug-likeness (QED) is 0.312. The molecule has 4 aromatic rings. The van der Waals surface area contributed by atoms with Crippen molar-refractivity contribution in [2.45, 2.75) is 20.0 Å². The third-order valence-electron chi connectivity index (χ3n) is 5.48. The van der Waals surface area contributed by atoms with E-state index in [2.05, 4.69) is 5.43 Å². The van der Waals surface area contributed by atoms with Gasteiger partial charge in [0.2, 0.25) is 5.89 Å². The molecular formula is C27H27N3O4. The molecule has 0 fully saturated rings. The molecule has 1 aromatic heterocycles. The number of nitrogens with one attached hydrogen (secondary N) is 1. The fraction of sp³-hybridized carbons (Fsp3) is 0.185. The molecule has 7 nitrogen and oxygen atoms in total. The van der Waals surface area contributed by atoms with Crippen LogP contribution in [-0.4, -0.2) is 29.7 Å². The van der Waals surface area contributed by atoms with Crippen LogP contribution >= 0.6 is 0 Å². The van der Waals surface area contributed by atoms with Gasteiger partial charge < -0.3 is 19.3 Å². The highest BCUT2D eigenvalue weighted by molar-refractivity contribution is 5.68. The molecule has 0 aliphatic rings. The Morgan fingerprint density at radius 3 is 2.32 bits per heavy atom. The van der Waals surface area contributed by atoms with Gasteiger partial charge >= 0.3 is 5.97 Å². The summed E-state index contributed by atoms with van der Waals surface area (Å²) in [6.45, 7) is 2.50. The molecule has 0 saturated carbocycles. The minimum Gasteiger partial charge on any atom is -0.487 e. The number of rotatable bonds is 10. The van der Waals surface area contributed by atoms with Crippen LogP contribution in [0.25, 0.3) is 22.8 Å². The van der Waals surface area contributed by atoms with Gasteiger partial charge in [0, 0.05) is 30.3 Å². The van der Waals surface area contributed by atoms with Gasteiger partial charge in [0.05, 0.1) is 12.1 Å². The molecule has 1 heterocycles. The summed E-state index contributed by atoms with van der Waals surface area (Å²) in [6.07, 6.45) is 0.0208. The van der Waals surface area contributed by atoms with Crippen LogP contribution in [0.2, 0.25) is 0 Å². The van der Waals surface area contributed by atoms with Gasteiger partial charge in [-0.15, -0.1) is 0 Å². The number of nitrogens with zero attached hydrogens (tertiary/aromatic N) is 2. The van der Waals surface area contributed by atoms with Crippen LogP contribution in [0.15, 0.2) is 83.3 Å². The summed E-state index contributed by atoms with van der Waals surface area (Å²) >= 11 is 0. The molecule has 3 aromatic carbocycles. The third-order valence-corrected chi connectivity index (χ3v) is 5.48. The van der Waals surface area contributed by atoms with Crippen molar-refractivity contribution in [2.75, 3.05) is 18.6 Å². The minimum absolute atomic E-state index is 0.0208. The first-order valence-electron chi connectivity index (χ1n) is 11.1. The van der Waals surface area contributed by atoms with Crippen LogP contribution in [-0.2, 0) is 11.4 Å². The van der Waals surface area contributed by atoms with Gasteiger partial charge in [-0.1, -0.05) is 54.6 Å². The van der Waals surface area contributed by atoms with Crippen LogP contribution in [0.5, 0.6) is 5.75 Å². The van der Waals surface area contributed by atoms with Gasteiger partial charge in [-0.3, -0.25) is 4.79 Å². The molecular weight excluding hydrogens is 430 g/mol. The number of oxazole rings is 1. The van der Waals surface area contributed by atoms with E-state index in [1.807, 2.05) is 85.8 Å². The van der Waals surface area contributed by atoms with Crippen molar-refractivity contribution in [1.29, 1.82) is 0 Å². The van der Waals surface area contributed by atoms with Crippen molar-refractivity contribution in [2.24, 2.45) is 0 Å². The van der Waals surface area contributed by atoms with E-state index in [0.717, 1.165) is 22.4 Å². The number of aliphatic carboxylic acids is 1. The summed E-state index contributed by atoms with van der Waals surface area (Å²) < 4.78 is 12.4. The van der Waals surface area contributed by atoms with E-state index in [4.69, 9.17) is 19.2 Å². The molecule has 2 N–H and O–H groups in total. The van der Waals surface area contributed by atoms with Crippen molar-refractivity contribution < 1.29 is 19.1 Å². The molecule has 0 bridgehead atoms. The molecule has 0 unspecified atom stereocenters. The zero-order valence-corrected chi connectivity index (χ0v) is 19.2. The second-order valence-corrected chi connectivity index (χ2v) is 7.73. The van der Waals surface area contributed by atoms with Crippen LogP contribution in [0.3, 0.4) is 0 Å². The Hall–Kier alpha value is -4.10. The number of carboxylic acid groups (broad SMARTS) is 1. The number of hydrogen-bond acceptors (Lipinski definition) is 6. The largest absolute Gasteiger partial charge is 0.487 e. The Morgan fingerprint density at radius 1 is 1.00 bits per heavy atom. The molecule has 0 atom stereocenters. The van der Waals surface area contributed by atoms with Gasteiger partial charge in [-0.25, -0.2) is 10.4 Å². The zero-order valence-electron chi connectivity index (χ0n) is 19.2. The number of benzene rings is 3. The number of anilines is 1. The lowest BCUT2D eigenvalue weighted by Gasteiger charge is -2.25. The molecule has 34 heavy (non-hydrogen) atoms. The molecule has 0 spiro atoms. The second-order valence-electron chi connectivity index (χ2n) is 7.73. The number of hydrazine groups is 1. The standard InChI is InChI=1S/C27H27N3O4/c1-19-23(30(28-2)17-16-25(31)32)14-9-15-24(19)33-18-22-26(20-10-5-3-6-11-20)34-27(29-22)21-12-7-4-8-13-21/h3-15,28H,16-18H2,1-2H3,(H,31,32). The summed E-state index contributed by atoms with van der Waals surface area (Å²) in [5, 5.41) is 10.8. The maximum Gasteiger partial charge on any atom is 0.305 e. The highest BCUT2D eigenvalue weighted by Crippen LogP contribution is 2.32. The smallest absolute Gasteiger partial charge is 0.305 e. The van der Waals surface area contributed by atoms with E-state index in [1.165, 1.54) is 0 Å². The van der Waals surface area contributed by atoms with E-state index in [9.17, 15) is 4.79 Å². The van der Waals surface area contributed by atoms with Crippen molar-refractivity contribution in [1.82, 2.24) is 10.4 Å². The summed E-state index contributed by atoms with van der Waals surface area (Å²) in [4.78, 5) is 15.8. The molecule has 0 amide bonds. The summed E-state index contributed by atoms with van der Waals surface area (Å²) in [5.74, 6) is 1.06. The van der Waals surface area contributed by atoms with Crippen molar-refractivity contribution >= 4 is 11.7 Å². The number of aromatic nitrogens is 1. The Labute approximate surface area is 198 Å². The molecule has 0 saturated heterocycles. The first kappa shape index (κ1) is 23.1. The van der Waals surface area contributed by atoms with Crippen molar-refractivity contribution in [3.05, 3.63) is 90.1 Å². The Bertz CT molecular complexity index is 1240. The lowest BCUT2D eigenvalue weighted by atomic mass is 10.1. The van der Waals surface area contributed by atoms with E-state index >= 15 is 0 Å². The van der Waals surface area contributed by atoms with Gasteiger partial charge in [-0.05, 0) is 31.2 Å². The Balaban J connectivity index is 1.61. The van der Waals surface area contributed by atoms with Gasteiger partial charge in [-0.2, -0.15) is 0 Å². The Kier molecular flexibility index (Phi) is 7.25. The summed E-state index contributed by atoms with van der Waals surface area (Å²) in [6, 6.07) is 25.3. The molecule has 0 radical (unpaired) electrons. The number of ether oxygens (including phenoxy) is 1. The van der Waals surface area contributed by atoms with Crippen LogP contribution in [0.1, 0.15) is 17.7 Å². The molecule has 0 aliphatic heterocycles. The average molecular weight is 458 g/mol. The fourth-order valence-corrected chi connectivity index (χ4v) is 3.73. The SMILES string of the molecule is CNN(CCC(=O)O)c1cccc(OCc2nc(-c3ccccc3)oc2-c2ccccc2)c1C. The fourth-order valence-electron chi connectivity index (χ4n) is 3.73. The summed E-state index contributed by atoms with van der Waals surface area (Å²) in [7, 11) is 1.77. The van der Waals surface area contributed by atoms with Crippen LogP contribution in [0.4, 0.5) is 5.69 Å². The van der Waals surface area contributed by atoms with E-state index in [-0.39, 0.29) is 13.0 Å². The topological polar surface area (TPSA) is 87.8 Å². The molecule has 0 aliphatic carbocycles. The van der Waals surface area contributed by atoms with Gasteiger partial charge in [0.15, 0.2) is 5.76 Å². The lowest BCUT2D eigenvalue weighted by Crippen LogP contribution is -2.37. The number of hydrogen-bond donors (Lipinski definition) is 2. The first-order valence-corrected chi connectivity index (χ1v) is 11.1. The average Bonchev–Trinajstić information content (AvgIpc) is 3.30. The Morgan fingerprint density at radius 2 is 1.68 bits per heavy atom. The minimum atomic E-state index is -0.848. The molecule has 174 valence electrons. The first-order chi connectivity index (χ1) is 16.6. The number of carbonyl (C=O) groups is 1.